The number of benzene rings is 1. The zero-order valence-corrected chi connectivity index (χ0v) is 11.8. The van der Waals surface area contributed by atoms with Gasteiger partial charge < -0.3 is 11.1 Å². The van der Waals surface area contributed by atoms with Gasteiger partial charge in [0.25, 0.3) is 0 Å². The molecule has 3 N–H and O–H groups in total. The number of amides is 1. The van der Waals surface area contributed by atoms with Gasteiger partial charge in [-0.1, -0.05) is 12.8 Å². The molecule has 3 nitrogen and oxygen atoms in total. The number of rotatable bonds is 2. The number of carbonyl (C=O) groups is 1. The largest absolute Gasteiger partial charge is 0.327 e. The second kappa shape index (κ2) is 5.82. The normalized spacial score (nSPS) is 24.4. The molecular formula is C13H17IN2O. The number of hydrogen-bond donors (Lipinski definition) is 2. The van der Waals surface area contributed by atoms with Crippen molar-refractivity contribution in [1.82, 2.24) is 0 Å². The van der Waals surface area contributed by atoms with Gasteiger partial charge in [0.1, 0.15) is 0 Å². The second-order valence-corrected chi connectivity index (χ2v) is 5.80. The molecule has 2 rings (SSSR count). The van der Waals surface area contributed by atoms with E-state index in [0.29, 0.717) is 0 Å². The maximum absolute atomic E-state index is 12.1. The first-order chi connectivity index (χ1) is 8.16. The molecule has 0 saturated heterocycles. The van der Waals surface area contributed by atoms with E-state index in [1.54, 1.807) is 0 Å². The summed E-state index contributed by atoms with van der Waals surface area (Å²) in [6.07, 6.45) is 4.13. The fraction of sp³-hybridized carbons (Fsp3) is 0.462. The van der Waals surface area contributed by atoms with Crippen molar-refractivity contribution < 1.29 is 4.79 Å². The van der Waals surface area contributed by atoms with Crippen molar-refractivity contribution in [2.24, 2.45) is 11.7 Å². The lowest BCUT2D eigenvalue weighted by Crippen LogP contribution is -2.40. The molecule has 0 bridgehead atoms. The third kappa shape index (κ3) is 3.42. The van der Waals surface area contributed by atoms with Gasteiger partial charge in [0.15, 0.2) is 0 Å². The monoisotopic (exact) mass is 344 g/mol. The average Bonchev–Trinajstić information content (AvgIpc) is 2.32. The summed E-state index contributed by atoms with van der Waals surface area (Å²) in [6.45, 7) is 0. The molecule has 1 fully saturated rings. The maximum atomic E-state index is 12.1. The molecule has 0 aromatic heterocycles. The molecule has 0 spiro atoms. The van der Waals surface area contributed by atoms with E-state index < -0.39 is 0 Å². The van der Waals surface area contributed by atoms with E-state index >= 15 is 0 Å². The standard InChI is InChI=1S/C13H17IN2O/c14-9-5-7-10(8-6-9)16-13(17)11-3-1-2-4-12(11)15/h5-8,11-12H,1-4,15H2,(H,16,17). The summed E-state index contributed by atoms with van der Waals surface area (Å²) in [4.78, 5) is 12.1. The minimum Gasteiger partial charge on any atom is -0.327 e. The van der Waals surface area contributed by atoms with Gasteiger partial charge in [0.05, 0.1) is 5.92 Å². The van der Waals surface area contributed by atoms with E-state index in [1.165, 1.54) is 0 Å². The molecule has 1 aromatic rings. The first-order valence-electron chi connectivity index (χ1n) is 5.99. The maximum Gasteiger partial charge on any atom is 0.229 e. The van der Waals surface area contributed by atoms with Crippen LogP contribution in [0.15, 0.2) is 24.3 Å². The lowest BCUT2D eigenvalue weighted by Gasteiger charge is -2.27. The Labute approximate surface area is 115 Å². The molecule has 2 unspecified atom stereocenters. The second-order valence-electron chi connectivity index (χ2n) is 4.55. The van der Waals surface area contributed by atoms with Crippen LogP contribution in [-0.2, 0) is 4.79 Å². The Kier molecular flexibility index (Phi) is 4.39. The van der Waals surface area contributed by atoms with E-state index in [9.17, 15) is 4.79 Å². The molecule has 1 aliphatic carbocycles. The Balaban J connectivity index is 1.98. The molecule has 4 heteroatoms. The molecule has 0 heterocycles. The lowest BCUT2D eigenvalue weighted by molar-refractivity contribution is -0.121. The molecule has 0 radical (unpaired) electrons. The minimum atomic E-state index is -0.0250. The first-order valence-corrected chi connectivity index (χ1v) is 7.07. The fourth-order valence-electron chi connectivity index (χ4n) is 2.25. The number of nitrogens with two attached hydrogens (primary N) is 1. The topological polar surface area (TPSA) is 55.1 Å². The Bertz CT molecular complexity index is 391. The van der Waals surface area contributed by atoms with Crippen LogP contribution in [0.2, 0.25) is 0 Å². The highest BCUT2D eigenvalue weighted by molar-refractivity contribution is 14.1. The highest BCUT2D eigenvalue weighted by Gasteiger charge is 2.28. The summed E-state index contributed by atoms with van der Waals surface area (Å²) in [6, 6.07) is 7.84. The predicted octanol–water partition coefficient (Wildman–Crippen LogP) is 2.75. The van der Waals surface area contributed by atoms with E-state index in [4.69, 9.17) is 5.73 Å². The van der Waals surface area contributed by atoms with Crippen LogP contribution in [0.5, 0.6) is 0 Å². The molecule has 1 aliphatic rings. The van der Waals surface area contributed by atoms with Gasteiger partial charge in [-0.2, -0.15) is 0 Å². The van der Waals surface area contributed by atoms with Gasteiger partial charge in [-0.25, -0.2) is 0 Å². The SMILES string of the molecule is NC1CCCCC1C(=O)Nc1ccc(I)cc1. The van der Waals surface area contributed by atoms with Crippen molar-refractivity contribution in [1.29, 1.82) is 0 Å². The van der Waals surface area contributed by atoms with Crippen LogP contribution >= 0.6 is 22.6 Å². The molecular weight excluding hydrogens is 327 g/mol. The summed E-state index contributed by atoms with van der Waals surface area (Å²) in [5.41, 5.74) is 6.85. The Hall–Kier alpha value is -0.620. The molecule has 17 heavy (non-hydrogen) atoms. The quantitative estimate of drug-likeness (QED) is 0.811. The Morgan fingerprint density at radius 1 is 1.24 bits per heavy atom. The van der Waals surface area contributed by atoms with Gasteiger partial charge in [-0.3, -0.25) is 4.79 Å². The van der Waals surface area contributed by atoms with Crippen molar-refractivity contribution >= 4 is 34.2 Å². The summed E-state index contributed by atoms with van der Waals surface area (Å²) in [5.74, 6) is 0.0430. The van der Waals surface area contributed by atoms with Crippen LogP contribution in [0, 0.1) is 9.49 Å². The summed E-state index contributed by atoms with van der Waals surface area (Å²) >= 11 is 2.24. The lowest BCUT2D eigenvalue weighted by atomic mass is 9.84. The average molecular weight is 344 g/mol. The van der Waals surface area contributed by atoms with E-state index in [2.05, 4.69) is 27.9 Å². The molecule has 1 saturated carbocycles. The summed E-state index contributed by atoms with van der Waals surface area (Å²) < 4.78 is 1.16. The highest BCUT2D eigenvalue weighted by atomic mass is 127. The zero-order valence-electron chi connectivity index (χ0n) is 9.66. The van der Waals surface area contributed by atoms with Crippen LogP contribution < -0.4 is 11.1 Å². The van der Waals surface area contributed by atoms with Crippen molar-refractivity contribution in [3.63, 3.8) is 0 Å². The van der Waals surface area contributed by atoms with Crippen molar-refractivity contribution in [3.8, 4) is 0 Å². The summed E-state index contributed by atoms with van der Waals surface area (Å²) in [5, 5.41) is 2.95. The van der Waals surface area contributed by atoms with E-state index in [1.807, 2.05) is 24.3 Å². The predicted molar refractivity (Wildman–Crippen MR) is 77.7 cm³/mol. The van der Waals surface area contributed by atoms with Crippen molar-refractivity contribution in [2.45, 2.75) is 31.7 Å². The molecule has 1 amide bonds. The first kappa shape index (κ1) is 12.8. The smallest absolute Gasteiger partial charge is 0.229 e. The third-order valence-electron chi connectivity index (χ3n) is 3.27. The van der Waals surface area contributed by atoms with Crippen molar-refractivity contribution in [3.05, 3.63) is 27.8 Å². The third-order valence-corrected chi connectivity index (χ3v) is 3.99. The number of nitrogens with one attached hydrogen (secondary N) is 1. The van der Waals surface area contributed by atoms with Gasteiger partial charge in [-0.05, 0) is 59.7 Å². The van der Waals surface area contributed by atoms with Gasteiger partial charge >= 0.3 is 0 Å². The van der Waals surface area contributed by atoms with Crippen LogP contribution in [0.3, 0.4) is 0 Å². The summed E-state index contributed by atoms with van der Waals surface area (Å²) in [7, 11) is 0. The molecule has 2 atom stereocenters. The van der Waals surface area contributed by atoms with Gasteiger partial charge in [0.2, 0.25) is 5.91 Å². The van der Waals surface area contributed by atoms with E-state index in [0.717, 1.165) is 34.9 Å². The Morgan fingerprint density at radius 3 is 2.53 bits per heavy atom. The van der Waals surface area contributed by atoms with Crippen LogP contribution in [0.1, 0.15) is 25.7 Å². The molecule has 0 aliphatic heterocycles. The highest BCUT2D eigenvalue weighted by Crippen LogP contribution is 2.24. The Morgan fingerprint density at radius 2 is 1.88 bits per heavy atom. The van der Waals surface area contributed by atoms with Crippen LogP contribution in [0.4, 0.5) is 5.69 Å². The number of halogens is 1. The number of hydrogen-bond acceptors (Lipinski definition) is 2. The van der Waals surface area contributed by atoms with Crippen LogP contribution in [0.25, 0.3) is 0 Å². The van der Waals surface area contributed by atoms with Gasteiger partial charge in [-0.15, -0.1) is 0 Å². The molecule has 1 aromatic carbocycles. The fourth-order valence-corrected chi connectivity index (χ4v) is 2.61. The van der Waals surface area contributed by atoms with Crippen molar-refractivity contribution in [2.75, 3.05) is 5.32 Å². The zero-order chi connectivity index (χ0) is 12.3. The van der Waals surface area contributed by atoms with Gasteiger partial charge in [0, 0.05) is 15.3 Å². The van der Waals surface area contributed by atoms with Crippen LogP contribution in [-0.4, -0.2) is 11.9 Å². The molecule has 92 valence electrons. The van der Waals surface area contributed by atoms with E-state index in [-0.39, 0.29) is 17.9 Å². The number of carbonyl (C=O) groups excluding carboxylic acids is 1. The minimum absolute atomic E-state index is 0.0209. The number of anilines is 1.